The van der Waals surface area contributed by atoms with E-state index in [0.717, 1.165) is 30.6 Å². The molecule has 0 saturated heterocycles. The maximum atomic E-state index is 12.5. The van der Waals surface area contributed by atoms with Crippen molar-refractivity contribution in [1.82, 2.24) is 15.1 Å². The summed E-state index contributed by atoms with van der Waals surface area (Å²) in [6.07, 6.45) is 3.76. The highest BCUT2D eigenvalue weighted by Gasteiger charge is 2.11. The van der Waals surface area contributed by atoms with Gasteiger partial charge in [0.1, 0.15) is 0 Å². The summed E-state index contributed by atoms with van der Waals surface area (Å²) in [5.41, 5.74) is 2.37. The van der Waals surface area contributed by atoms with Gasteiger partial charge >= 0.3 is 6.55 Å². The van der Waals surface area contributed by atoms with Crippen LogP contribution in [-0.2, 0) is 6.54 Å². The molecule has 20 heavy (non-hydrogen) atoms. The molecule has 0 radical (unpaired) electrons. The molecule has 0 atom stereocenters. The molecule has 0 unspecified atom stereocenters. The molecule has 0 amide bonds. The summed E-state index contributed by atoms with van der Waals surface area (Å²) < 4.78 is 25.7. The van der Waals surface area contributed by atoms with Crippen LogP contribution in [0.25, 0.3) is 11.1 Å². The van der Waals surface area contributed by atoms with E-state index in [2.05, 4.69) is 17.3 Å². The summed E-state index contributed by atoms with van der Waals surface area (Å²) in [6, 6.07) is 5.60. The van der Waals surface area contributed by atoms with E-state index in [4.69, 9.17) is 11.6 Å². The van der Waals surface area contributed by atoms with E-state index >= 15 is 0 Å². The van der Waals surface area contributed by atoms with Crippen molar-refractivity contribution in [3.63, 3.8) is 0 Å². The first kappa shape index (κ1) is 14.9. The number of alkyl halides is 2. The molecule has 108 valence electrons. The fourth-order valence-electron chi connectivity index (χ4n) is 1.90. The Kier molecular flexibility index (Phi) is 5.09. The molecule has 2 aromatic rings. The molecule has 0 aliphatic carbocycles. The van der Waals surface area contributed by atoms with Crippen molar-refractivity contribution < 1.29 is 8.78 Å². The van der Waals surface area contributed by atoms with Gasteiger partial charge in [0.2, 0.25) is 0 Å². The second-order valence-corrected chi connectivity index (χ2v) is 4.88. The van der Waals surface area contributed by atoms with Crippen LogP contribution in [0, 0.1) is 0 Å². The summed E-state index contributed by atoms with van der Waals surface area (Å²) in [6.45, 7) is 1.11. The van der Waals surface area contributed by atoms with Gasteiger partial charge in [0, 0.05) is 28.9 Å². The van der Waals surface area contributed by atoms with Crippen LogP contribution < -0.4 is 5.32 Å². The van der Waals surface area contributed by atoms with E-state index in [1.807, 2.05) is 12.1 Å². The standard InChI is InChI=1S/C14H16ClF2N3/c1-2-5-18-7-10-3-4-13(15)12(6-10)11-8-19-20(9-11)14(16)17/h3-4,6,8-9,14,18H,2,5,7H2,1H3. The lowest BCUT2D eigenvalue weighted by atomic mass is 10.1. The highest BCUT2D eigenvalue weighted by atomic mass is 35.5. The molecule has 1 heterocycles. The van der Waals surface area contributed by atoms with E-state index in [-0.39, 0.29) is 0 Å². The highest BCUT2D eigenvalue weighted by molar-refractivity contribution is 6.33. The Bertz CT molecular complexity index is 569. The van der Waals surface area contributed by atoms with E-state index in [1.165, 1.54) is 12.4 Å². The third-order valence-corrected chi connectivity index (χ3v) is 3.23. The first-order chi connectivity index (χ1) is 9.61. The number of halogens is 3. The number of nitrogens with one attached hydrogen (secondary N) is 1. The Balaban J connectivity index is 2.22. The zero-order valence-corrected chi connectivity index (χ0v) is 11.9. The largest absolute Gasteiger partial charge is 0.333 e. The van der Waals surface area contributed by atoms with E-state index in [1.54, 1.807) is 6.07 Å². The Morgan fingerprint density at radius 3 is 2.85 bits per heavy atom. The van der Waals surface area contributed by atoms with Crippen molar-refractivity contribution in [1.29, 1.82) is 0 Å². The molecule has 6 heteroatoms. The zero-order chi connectivity index (χ0) is 14.5. The van der Waals surface area contributed by atoms with Crippen molar-refractivity contribution in [3.8, 4) is 11.1 Å². The lowest BCUT2D eigenvalue weighted by Crippen LogP contribution is -2.13. The molecule has 1 N–H and O–H groups in total. The number of benzene rings is 1. The first-order valence-corrected chi connectivity index (χ1v) is 6.81. The Hall–Kier alpha value is -1.46. The third kappa shape index (κ3) is 3.55. The average molecular weight is 300 g/mol. The summed E-state index contributed by atoms with van der Waals surface area (Å²) in [5.74, 6) is 0. The van der Waals surface area contributed by atoms with Gasteiger partial charge in [-0.25, -0.2) is 4.68 Å². The van der Waals surface area contributed by atoms with Gasteiger partial charge in [-0.2, -0.15) is 13.9 Å². The molecule has 0 spiro atoms. The number of aromatic nitrogens is 2. The maximum Gasteiger partial charge on any atom is 0.333 e. The number of nitrogens with zero attached hydrogens (tertiary/aromatic N) is 2. The molecular formula is C14H16ClF2N3. The second kappa shape index (κ2) is 6.81. The van der Waals surface area contributed by atoms with Crippen LogP contribution in [0.1, 0.15) is 25.5 Å². The Labute approximate surface area is 121 Å². The number of rotatable bonds is 6. The summed E-state index contributed by atoms with van der Waals surface area (Å²) >= 11 is 6.14. The zero-order valence-electron chi connectivity index (χ0n) is 11.1. The lowest BCUT2D eigenvalue weighted by Gasteiger charge is -2.07. The van der Waals surface area contributed by atoms with Gasteiger partial charge in [0.15, 0.2) is 0 Å². The van der Waals surface area contributed by atoms with Crippen molar-refractivity contribution in [3.05, 3.63) is 41.2 Å². The predicted molar refractivity (Wildman–Crippen MR) is 75.9 cm³/mol. The van der Waals surface area contributed by atoms with Crippen LogP contribution in [0.4, 0.5) is 8.78 Å². The summed E-state index contributed by atoms with van der Waals surface area (Å²) in [7, 11) is 0. The van der Waals surface area contributed by atoms with Crippen LogP contribution in [0.5, 0.6) is 0 Å². The van der Waals surface area contributed by atoms with Crippen LogP contribution in [-0.4, -0.2) is 16.3 Å². The topological polar surface area (TPSA) is 29.9 Å². The van der Waals surface area contributed by atoms with Crippen LogP contribution in [0.15, 0.2) is 30.6 Å². The fourth-order valence-corrected chi connectivity index (χ4v) is 2.12. The number of hydrogen-bond donors (Lipinski definition) is 1. The molecular weight excluding hydrogens is 284 g/mol. The highest BCUT2D eigenvalue weighted by Crippen LogP contribution is 2.29. The summed E-state index contributed by atoms with van der Waals surface area (Å²) in [4.78, 5) is 0. The van der Waals surface area contributed by atoms with Crippen molar-refractivity contribution in [2.75, 3.05) is 6.54 Å². The molecule has 0 fully saturated rings. The smallest absolute Gasteiger partial charge is 0.313 e. The van der Waals surface area contributed by atoms with Gasteiger partial charge in [0.25, 0.3) is 0 Å². The lowest BCUT2D eigenvalue weighted by molar-refractivity contribution is 0.0566. The fraction of sp³-hybridized carbons (Fsp3) is 0.357. The molecule has 1 aromatic heterocycles. The van der Waals surface area contributed by atoms with Gasteiger partial charge in [-0.3, -0.25) is 0 Å². The molecule has 0 bridgehead atoms. The Morgan fingerprint density at radius 1 is 1.40 bits per heavy atom. The molecule has 2 rings (SSSR count). The first-order valence-electron chi connectivity index (χ1n) is 6.43. The SMILES string of the molecule is CCCNCc1ccc(Cl)c(-c2cnn(C(F)F)c2)c1. The third-order valence-electron chi connectivity index (χ3n) is 2.90. The second-order valence-electron chi connectivity index (χ2n) is 4.48. The van der Waals surface area contributed by atoms with E-state index < -0.39 is 6.55 Å². The van der Waals surface area contributed by atoms with Gasteiger partial charge in [-0.1, -0.05) is 24.6 Å². The van der Waals surface area contributed by atoms with Gasteiger partial charge in [-0.15, -0.1) is 0 Å². The minimum absolute atomic E-state index is 0.526. The van der Waals surface area contributed by atoms with E-state index in [9.17, 15) is 8.78 Å². The van der Waals surface area contributed by atoms with Crippen molar-refractivity contribution in [2.45, 2.75) is 26.4 Å². The van der Waals surface area contributed by atoms with Crippen molar-refractivity contribution in [2.24, 2.45) is 0 Å². The normalized spacial score (nSPS) is 11.2. The molecule has 0 saturated carbocycles. The van der Waals surface area contributed by atoms with Crippen LogP contribution >= 0.6 is 11.6 Å². The monoisotopic (exact) mass is 299 g/mol. The number of hydrogen-bond acceptors (Lipinski definition) is 2. The van der Waals surface area contributed by atoms with E-state index in [0.29, 0.717) is 15.3 Å². The van der Waals surface area contributed by atoms with Gasteiger partial charge in [-0.05, 0) is 30.7 Å². The van der Waals surface area contributed by atoms with Crippen LogP contribution in [0.3, 0.4) is 0 Å². The predicted octanol–water partition coefficient (Wildman–Crippen LogP) is 4.10. The van der Waals surface area contributed by atoms with Crippen molar-refractivity contribution >= 4 is 11.6 Å². The van der Waals surface area contributed by atoms with Crippen LogP contribution in [0.2, 0.25) is 5.02 Å². The Morgan fingerprint density at radius 2 is 2.20 bits per heavy atom. The molecule has 1 aromatic carbocycles. The average Bonchev–Trinajstić information content (AvgIpc) is 2.90. The summed E-state index contributed by atoms with van der Waals surface area (Å²) in [5, 5.41) is 7.45. The quantitative estimate of drug-likeness (QED) is 0.814. The molecule has 0 aliphatic heterocycles. The van der Waals surface area contributed by atoms with Gasteiger partial charge < -0.3 is 5.32 Å². The minimum atomic E-state index is -2.64. The maximum absolute atomic E-state index is 12.5. The minimum Gasteiger partial charge on any atom is -0.313 e. The molecule has 3 nitrogen and oxygen atoms in total. The van der Waals surface area contributed by atoms with Gasteiger partial charge in [0.05, 0.1) is 6.20 Å². The molecule has 0 aliphatic rings.